The molecule has 2 aromatic heterocycles. The lowest BCUT2D eigenvalue weighted by atomic mass is 9.94. The molecule has 14 heteroatoms. The average molecular weight is 658 g/mol. The number of hydrogen-bond donors (Lipinski definition) is 3. The summed E-state index contributed by atoms with van der Waals surface area (Å²) < 4.78 is 70.8. The van der Waals surface area contributed by atoms with E-state index in [4.69, 9.17) is 0 Å². The van der Waals surface area contributed by atoms with Crippen LogP contribution in [0.1, 0.15) is 41.4 Å². The van der Waals surface area contributed by atoms with Gasteiger partial charge >= 0.3 is 12.1 Å². The van der Waals surface area contributed by atoms with Gasteiger partial charge in [-0.25, -0.2) is 13.6 Å². The number of amides is 1. The highest BCUT2D eigenvalue weighted by atomic mass is 19.4. The number of pyridine rings is 2. The molecule has 0 saturated carbocycles. The number of hydrogen-bond acceptors (Lipinski definition) is 6. The number of alkyl halides is 3. The van der Waals surface area contributed by atoms with Crippen molar-refractivity contribution in [3.05, 3.63) is 87.5 Å². The van der Waals surface area contributed by atoms with Crippen molar-refractivity contribution in [2.24, 2.45) is 7.05 Å². The van der Waals surface area contributed by atoms with Gasteiger partial charge in [0.05, 0.1) is 16.8 Å². The van der Waals surface area contributed by atoms with E-state index in [1.54, 1.807) is 31.3 Å². The summed E-state index contributed by atoms with van der Waals surface area (Å²) in [4.78, 5) is 45.4. The zero-order valence-electron chi connectivity index (χ0n) is 25.7. The van der Waals surface area contributed by atoms with Gasteiger partial charge in [0, 0.05) is 55.1 Å². The molecule has 1 aliphatic rings. The molecule has 1 amide bonds. The highest BCUT2D eigenvalue weighted by molar-refractivity contribution is 6.00. The van der Waals surface area contributed by atoms with Crippen molar-refractivity contribution in [1.29, 1.82) is 0 Å². The Hall–Kier alpha value is -5.01. The van der Waals surface area contributed by atoms with E-state index < -0.39 is 59.4 Å². The number of rotatable bonds is 10. The van der Waals surface area contributed by atoms with E-state index in [-0.39, 0.29) is 12.0 Å². The van der Waals surface area contributed by atoms with Crippen molar-refractivity contribution in [2.45, 2.75) is 51.4 Å². The second-order valence-corrected chi connectivity index (χ2v) is 11.5. The van der Waals surface area contributed by atoms with E-state index in [1.807, 2.05) is 18.3 Å². The third kappa shape index (κ3) is 6.62. The van der Waals surface area contributed by atoms with Crippen LogP contribution >= 0.6 is 0 Å². The molecule has 2 aromatic carbocycles. The molecule has 0 aliphatic carbocycles. The minimum atomic E-state index is -4.68. The minimum absolute atomic E-state index is 0.226. The number of nitrogens with one attached hydrogen (secondary N) is 2. The van der Waals surface area contributed by atoms with Crippen LogP contribution in [0.3, 0.4) is 0 Å². The maximum Gasteiger partial charge on any atom is 0.408 e. The molecular formula is C33H32F5N5O4. The van der Waals surface area contributed by atoms with Crippen LogP contribution < -0.4 is 21.1 Å². The van der Waals surface area contributed by atoms with Crippen molar-refractivity contribution < 1.29 is 36.6 Å². The van der Waals surface area contributed by atoms with Gasteiger partial charge in [0.15, 0.2) is 0 Å². The molecule has 1 aliphatic heterocycles. The van der Waals surface area contributed by atoms with Crippen LogP contribution in [0.4, 0.5) is 33.3 Å². The Morgan fingerprint density at radius 3 is 2.34 bits per heavy atom. The van der Waals surface area contributed by atoms with Gasteiger partial charge in [0.25, 0.3) is 11.5 Å². The summed E-state index contributed by atoms with van der Waals surface area (Å²) in [5, 5.41) is 14.6. The standard InChI is InChI=1S/C33H32F5N5O4/c1-4-26(33(36,37)38)40-19-15-22(34)28(23(35)16-19)30(44)41-24(32(46)47)14-18-8-9-21(29-20(18)7-5-10-39-29)27-25(43-11-6-12-43)13-17(2)42(3)31(27)45/h5,7-10,13,15-16,24,26,40H,4,6,11-12,14H2,1-3H3,(H,41,44)(H,46,47)/t24-,26+/m0/s1. The van der Waals surface area contributed by atoms with Gasteiger partial charge in [-0.3, -0.25) is 14.6 Å². The Labute approximate surface area is 266 Å². The van der Waals surface area contributed by atoms with Crippen LogP contribution in [0.15, 0.2) is 53.5 Å². The van der Waals surface area contributed by atoms with E-state index in [0.717, 1.165) is 30.9 Å². The summed E-state index contributed by atoms with van der Waals surface area (Å²) in [5.74, 6) is -5.84. The van der Waals surface area contributed by atoms with Crippen molar-refractivity contribution >= 4 is 34.2 Å². The second kappa shape index (κ2) is 13.0. The van der Waals surface area contributed by atoms with Gasteiger partial charge in [-0.1, -0.05) is 25.1 Å². The second-order valence-electron chi connectivity index (χ2n) is 11.5. The smallest absolute Gasteiger partial charge is 0.408 e. The molecule has 3 N–H and O–H groups in total. The van der Waals surface area contributed by atoms with E-state index >= 15 is 0 Å². The number of carboxylic acids is 1. The van der Waals surface area contributed by atoms with E-state index in [0.29, 0.717) is 39.7 Å². The Kier molecular flexibility index (Phi) is 9.23. The van der Waals surface area contributed by atoms with Crippen LogP contribution in [-0.2, 0) is 18.3 Å². The number of carbonyl (C=O) groups is 2. The molecule has 0 spiro atoms. The number of aryl methyl sites for hydroxylation is 1. The number of anilines is 2. The van der Waals surface area contributed by atoms with Crippen LogP contribution in [0.25, 0.3) is 22.0 Å². The first-order chi connectivity index (χ1) is 22.2. The number of carboxylic acid groups (broad SMARTS) is 1. The highest BCUT2D eigenvalue weighted by Gasteiger charge is 2.38. The number of carbonyl (C=O) groups excluding carboxylic acids is 1. The predicted octanol–water partition coefficient (Wildman–Crippen LogP) is 5.58. The van der Waals surface area contributed by atoms with Gasteiger partial charge in [-0.05, 0) is 49.6 Å². The molecule has 0 bridgehead atoms. The summed E-state index contributed by atoms with van der Waals surface area (Å²) in [6.45, 7) is 4.66. The zero-order valence-corrected chi connectivity index (χ0v) is 25.7. The molecule has 1 fully saturated rings. The molecule has 5 rings (SSSR count). The number of aromatic nitrogens is 2. The maximum atomic E-state index is 14.9. The van der Waals surface area contributed by atoms with Crippen LogP contribution in [0.5, 0.6) is 0 Å². The van der Waals surface area contributed by atoms with Crippen molar-refractivity contribution in [1.82, 2.24) is 14.9 Å². The van der Waals surface area contributed by atoms with Crippen LogP contribution in [-0.4, -0.2) is 57.9 Å². The van der Waals surface area contributed by atoms with Crippen LogP contribution in [0, 0.1) is 18.6 Å². The highest BCUT2D eigenvalue weighted by Crippen LogP contribution is 2.36. The maximum absolute atomic E-state index is 14.9. The summed E-state index contributed by atoms with van der Waals surface area (Å²) in [7, 11) is 1.67. The fraction of sp³-hybridized carbons (Fsp3) is 0.333. The first kappa shape index (κ1) is 33.4. The topological polar surface area (TPSA) is 117 Å². The molecule has 2 atom stereocenters. The minimum Gasteiger partial charge on any atom is -0.480 e. The molecule has 1 saturated heterocycles. The number of aliphatic carboxylic acids is 1. The molecule has 3 heterocycles. The summed E-state index contributed by atoms with van der Waals surface area (Å²) >= 11 is 0. The number of halogens is 5. The lowest BCUT2D eigenvalue weighted by molar-refractivity contribution is -0.143. The monoisotopic (exact) mass is 657 g/mol. The Balaban J connectivity index is 1.46. The zero-order chi connectivity index (χ0) is 34.2. The molecular weight excluding hydrogens is 625 g/mol. The van der Waals surface area contributed by atoms with Gasteiger partial charge in [-0.15, -0.1) is 0 Å². The molecule has 4 aromatic rings. The number of nitrogens with zero attached hydrogens (tertiary/aromatic N) is 3. The Bertz CT molecular complexity index is 1900. The van der Waals surface area contributed by atoms with E-state index in [9.17, 15) is 41.4 Å². The first-order valence-corrected chi connectivity index (χ1v) is 14.9. The molecule has 0 radical (unpaired) electrons. The predicted molar refractivity (Wildman–Crippen MR) is 167 cm³/mol. The van der Waals surface area contributed by atoms with Crippen molar-refractivity contribution in [2.75, 3.05) is 23.3 Å². The third-order valence-corrected chi connectivity index (χ3v) is 8.42. The normalized spacial score (nSPS) is 14.4. The average Bonchev–Trinajstić information content (AvgIpc) is 2.97. The van der Waals surface area contributed by atoms with E-state index in [2.05, 4.69) is 15.2 Å². The van der Waals surface area contributed by atoms with Gasteiger partial charge in [-0.2, -0.15) is 13.2 Å². The molecule has 47 heavy (non-hydrogen) atoms. The molecule has 0 unspecified atom stereocenters. The Morgan fingerprint density at radius 1 is 1.09 bits per heavy atom. The molecule has 9 nitrogen and oxygen atoms in total. The first-order valence-electron chi connectivity index (χ1n) is 14.9. The van der Waals surface area contributed by atoms with Crippen molar-refractivity contribution in [3.8, 4) is 11.1 Å². The number of fused-ring (bicyclic) bond motifs is 1. The van der Waals surface area contributed by atoms with Gasteiger partial charge in [0.2, 0.25) is 0 Å². The number of benzene rings is 2. The summed E-state index contributed by atoms with van der Waals surface area (Å²) in [6.07, 6.45) is -2.89. The lowest BCUT2D eigenvalue weighted by Crippen LogP contribution is -2.43. The fourth-order valence-corrected chi connectivity index (χ4v) is 5.62. The summed E-state index contributed by atoms with van der Waals surface area (Å²) in [6, 6.07) is 5.90. The largest absolute Gasteiger partial charge is 0.480 e. The van der Waals surface area contributed by atoms with Crippen LogP contribution in [0.2, 0.25) is 0 Å². The molecule has 248 valence electrons. The van der Waals surface area contributed by atoms with Crippen molar-refractivity contribution in [3.63, 3.8) is 0 Å². The summed E-state index contributed by atoms with van der Waals surface area (Å²) in [5.41, 5.74) is 1.48. The quantitative estimate of drug-likeness (QED) is 0.191. The van der Waals surface area contributed by atoms with Gasteiger partial charge in [0.1, 0.15) is 29.3 Å². The Morgan fingerprint density at radius 2 is 1.77 bits per heavy atom. The lowest BCUT2D eigenvalue weighted by Gasteiger charge is -2.35. The fourth-order valence-electron chi connectivity index (χ4n) is 5.62. The SMILES string of the molecule is CC[C@@H](Nc1cc(F)c(C(=O)N[C@@H](Cc2ccc(-c3c(N4CCC4)cc(C)n(C)c3=O)c3ncccc23)C(=O)O)c(F)c1)C(F)(F)F. The third-order valence-electron chi connectivity index (χ3n) is 8.42. The van der Waals surface area contributed by atoms with E-state index in [1.165, 1.54) is 17.7 Å². The van der Waals surface area contributed by atoms with Gasteiger partial charge < -0.3 is 25.2 Å².